The topological polar surface area (TPSA) is 93.1 Å². The number of hydrazine groups is 1. The third-order valence-corrected chi connectivity index (χ3v) is 3.63. The summed E-state index contributed by atoms with van der Waals surface area (Å²) in [6.07, 6.45) is 1.70. The molecular formula is C15H16N4O3. The Morgan fingerprint density at radius 2 is 1.91 bits per heavy atom. The number of aryl methyl sites for hydroxylation is 1. The molecule has 22 heavy (non-hydrogen) atoms. The molecule has 0 bridgehead atoms. The van der Waals surface area contributed by atoms with Gasteiger partial charge < -0.3 is 0 Å². The second kappa shape index (κ2) is 5.59. The van der Waals surface area contributed by atoms with Gasteiger partial charge in [0, 0.05) is 17.8 Å². The van der Waals surface area contributed by atoms with E-state index in [9.17, 15) is 14.4 Å². The van der Waals surface area contributed by atoms with Crippen molar-refractivity contribution in [1.82, 2.24) is 20.6 Å². The fraction of sp³-hybridized carbons (Fsp3) is 0.333. The molecule has 1 aliphatic carbocycles. The monoisotopic (exact) mass is 300 g/mol. The molecule has 2 aromatic rings. The number of fused-ring (bicyclic) bond motifs is 1. The Balaban J connectivity index is 1.94. The van der Waals surface area contributed by atoms with Crippen molar-refractivity contribution < 1.29 is 9.59 Å². The Labute approximate surface area is 126 Å². The van der Waals surface area contributed by atoms with Crippen LogP contribution in [0.3, 0.4) is 0 Å². The van der Waals surface area contributed by atoms with Gasteiger partial charge in [-0.25, -0.2) is 4.68 Å². The predicted molar refractivity (Wildman–Crippen MR) is 80.0 cm³/mol. The van der Waals surface area contributed by atoms with Gasteiger partial charge in [-0.2, -0.15) is 5.10 Å². The molecule has 3 rings (SSSR count). The second-order valence-corrected chi connectivity index (χ2v) is 5.23. The molecule has 7 nitrogen and oxygen atoms in total. The maximum atomic E-state index is 12.3. The standard InChI is InChI=1S/C15H16N4O3/c1-2-19-15(22)11-6-4-3-5-10(11)12(18-19)14(21)17-16-13(20)9-7-8-9/h3-6,9H,2,7-8H2,1H3,(H,16,20)(H,17,21). The number of nitrogens with one attached hydrogen (secondary N) is 2. The molecule has 1 aromatic heterocycles. The van der Waals surface area contributed by atoms with E-state index in [1.807, 2.05) is 0 Å². The van der Waals surface area contributed by atoms with Crippen molar-refractivity contribution in [1.29, 1.82) is 0 Å². The third kappa shape index (κ3) is 2.57. The van der Waals surface area contributed by atoms with Crippen LogP contribution in [0.1, 0.15) is 30.3 Å². The van der Waals surface area contributed by atoms with Gasteiger partial charge in [-0.3, -0.25) is 25.2 Å². The van der Waals surface area contributed by atoms with Gasteiger partial charge in [0.2, 0.25) is 5.91 Å². The fourth-order valence-electron chi connectivity index (χ4n) is 2.24. The lowest BCUT2D eigenvalue weighted by Crippen LogP contribution is -2.43. The molecule has 7 heteroatoms. The lowest BCUT2D eigenvalue weighted by Gasteiger charge is -2.10. The first kappa shape index (κ1) is 14.2. The Morgan fingerprint density at radius 1 is 1.23 bits per heavy atom. The minimum absolute atomic E-state index is 0.00500. The number of nitrogens with zero attached hydrogens (tertiary/aromatic N) is 2. The van der Waals surface area contributed by atoms with Crippen molar-refractivity contribution in [2.24, 2.45) is 5.92 Å². The van der Waals surface area contributed by atoms with Crippen LogP contribution < -0.4 is 16.4 Å². The van der Waals surface area contributed by atoms with Crippen molar-refractivity contribution in [3.8, 4) is 0 Å². The summed E-state index contributed by atoms with van der Waals surface area (Å²) < 4.78 is 1.24. The molecule has 1 aliphatic rings. The summed E-state index contributed by atoms with van der Waals surface area (Å²) in [5.74, 6) is -0.733. The molecule has 0 spiro atoms. The number of amides is 2. The first-order chi connectivity index (χ1) is 10.6. The maximum Gasteiger partial charge on any atom is 0.290 e. The normalized spacial score (nSPS) is 13.9. The van der Waals surface area contributed by atoms with Crippen LogP contribution in [0.15, 0.2) is 29.1 Å². The van der Waals surface area contributed by atoms with Crippen LogP contribution in [-0.2, 0) is 11.3 Å². The number of carbonyl (C=O) groups is 2. The van der Waals surface area contributed by atoms with E-state index in [1.54, 1.807) is 31.2 Å². The van der Waals surface area contributed by atoms with Crippen LogP contribution in [0, 0.1) is 5.92 Å². The number of hydrogen-bond donors (Lipinski definition) is 2. The molecule has 0 unspecified atom stereocenters. The number of aromatic nitrogens is 2. The van der Waals surface area contributed by atoms with E-state index in [0.717, 1.165) is 12.8 Å². The van der Waals surface area contributed by atoms with Gasteiger partial charge >= 0.3 is 0 Å². The van der Waals surface area contributed by atoms with E-state index in [-0.39, 0.29) is 23.1 Å². The smallest absolute Gasteiger partial charge is 0.273 e. The zero-order valence-corrected chi connectivity index (χ0v) is 12.1. The lowest BCUT2D eigenvalue weighted by molar-refractivity contribution is -0.123. The average Bonchev–Trinajstić information content (AvgIpc) is 3.38. The Bertz CT molecular complexity index is 808. The van der Waals surface area contributed by atoms with E-state index in [4.69, 9.17) is 0 Å². The highest BCUT2D eigenvalue weighted by Gasteiger charge is 2.30. The SMILES string of the molecule is CCn1nc(C(=O)NNC(=O)C2CC2)c2ccccc2c1=O. The van der Waals surface area contributed by atoms with Crippen molar-refractivity contribution >= 4 is 22.6 Å². The van der Waals surface area contributed by atoms with Gasteiger partial charge in [0.1, 0.15) is 0 Å². The molecule has 2 N–H and O–H groups in total. The molecule has 114 valence electrons. The van der Waals surface area contributed by atoms with Crippen LogP contribution in [-0.4, -0.2) is 21.6 Å². The molecule has 0 atom stereocenters. The molecule has 1 fully saturated rings. The van der Waals surface area contributed by atoms with Crippen LogP contribution in [0.4, 0.5) is 0 Å². The van der Waals surface area contributed by atoms with E-state index in [2.05, 4.69) is 16.0 Å². The van der Waals surface area contributed by atoms with Gasteiger partial charge in [-0.1, -0.05) is 18.2 Å². The van der Waals surface area contributed by atoms with Gasteiger partial charge in [0.15, 0.2) is 5.69 Å². The highest BCUT2D eigenvalue weighted by Crippen LogP contribution is 2.28. The van der Waals surface area contributed by atoms with Gasteiger partial charge in [-0.05, 0) is 25.8 Å². The molecule has 1 heterocycles. The number of benzene rings is 1. The quantitative estimate of drug-likeness (QED) is 0.811. The van der Waals surface area contributed by atoms with E-state index >= 15 is 0 Å². The van der Waals surface area contributed by atoms with Gasteiger partial charge in [0.05, 0.1) is 5.39 Å². The Kier molecular flexibility index (Phi) is 3.62. The van der Waals surface area contributed by atoms with Crippen molar-refractivity contribution in [3.63, 3.8) is 0 Å². The van der Waals surface area contributed by atoms with Crippen molar-refractivity contribution in [2.45, 2.75) is 26.3 Å². The van der Waals surface area contributed by atoms with Crippen LogP contribution in [0.2, 0.25) is 0 Å². The minimum Gasteiger partial charge on any atom is -0.273 e. The second-order valence-electron chi connectivity index (χ2n) is 5.23. The first-order valence-electron chi connectivity index (χ1n) is 7.22. The van der Waals surface area contributed by atoms with Gasteiger partial charge in [-0.15, -0.1) is 0 Å². The number of hydrogen-bond acceptors (Lipinski definition) is 4. The van der Waals surface area contributed by atoms with Crippen molar-refractivity contribution in [3.05, 3.63) is 40.3 Å². The van der Waals surface area contributed by atoms with Gasteiger partial charge in [0.25, 0.3) is 11.5 Å². The molecule has 2 amide bonds. The molecule has 0 saturated heterocycles. The molecule has 0 aliphatic heterocycles. The molecule has 1 saturated carbocycles. The molecule has 0 radical (unpaired) electrons. The fourth-order valence-corrected chi connectivity index (χ4v) is 2.24. The largest absolute Gasteiger partial charge is 0.290 e. The summed E-state index contributed by atoms with van der Waals surface area (Å²) in [6, 6.07) is 6.80. The Morgan fingerprint density at radius 3 is 2.55 bits per heavy atom. The van der Waals surface area contributed by atoms with E-state index in [0.29, 0.717) is 17.3 Å². The highest BCUT2D eigenvalue weighted by atomic mass is 16.2. The van der Waals surface area contributed by atoms with E-state index < -0.39 is 5.91 Å². The number of carbonyl (C=O) groups excluding carboxylic acids is 2. The summed E-state index contributed by atoms with van der Waals surface area (Å²) in [4.78, 5) is 36.1. The first-order valence-corrected chi connectivity index (χ1v) is 7.22. The van der Waals surface area contributed by atoms with Crippen LogP contribution in [0.5, 0.6) is 0 Å². The average molecular weight is 300 g/mol. The van der Waals surface area contributed by atoms with Crippen LogP contribution in [0.25, 0.3) is 10.8 Å². The summed E-state index contributed by atoms with van der Waals surface area (Å²) in [7, 11) is 0. The maximum absolute atomic E-state index is 12.3. The summed E-state index contributed by atoms with van der Waals surface area (Å²) in [6.45, 7) is 2.14. The highest BCUT2D eigenvalue weighted by molar-refractivity contribution is 6.05. The molecular weight excluding hydrogens is 284 g/mol. The third-order valence-electron chi connectivity index (χ3n) is 3.63. The minimum atomic E-state index is -0.535. The number of rotatable bonds is 3. The zero-order valence-electron chi connectivity index (χ0n) is 12.1. The Hall–Kier alpha value is -2.70. The predicted octanol–water partition coefficient (Wildman–Crippen LogP) is 0.587. The van der Waals surface area contributed by atoms with E-state index in [1.165, 1.54) is 4.68 Å². The summed E-state index contributed by atoms with van der Waals surface area (Å²) >= 11 is 0. The zero-order chi connectivity index (χ0) is 15.7. The van der Waals surface area contributed by atoms with Crippen LogP contribution >= 0.6 is 0 Å². The lowest BCUT2D eigenvalue weighted by atomic mass is 10.1. The van der Waals surface area contributed by atoms with Crippen molar-refractivity contribution in [2.75, 3.05) is 0 Å². The summed E-state index contributed by atoms with van der Waals surface area (Å²) in [5, 5.41) is 4.99. The summed E-state index contributed by atoms with van der Waals surface area (Å²) in [5.41, 5.74) is 4.64. The molecule has 1 aromatic carbocycles.